The van der Waals surface area contributed by atoms with Gasteiger partial charge in [-0.15, -0.1) is 0 Å². The topological polar surface area (TPSA) is 22.1 Å². The van der Waals surface area contributed by atoms with Crippen molar-refractivity contribution < 1.29 is 4.74 Å². The van der Waals surface area contributed by atoms with Gasteiger partial charge in [-0.3, -0.25) is 0 Å². The number of benzene rings is 1. The van der Waals surface area contributed by atoms with Crippen molar-refractivity contribution in [2.45, 2.75) is 16.8 Å². The van der Waals surface area contributed by atoms with Crippen molar-refractivity contribution in [1.82, 2.24) is 4.98 Å². The largest absolute Gasteiger partial charge is 0.497 e. The van der Waals surface area contributed by atoms with E-state index in [1.54, 1.807) is 18.9 Å². The lowest BCUT2D eigenvalue weighted by Crippen LogP contribution is -1.84. The zero-order valence-corrected chi connectivity index (χ0v) is 12.0. The average molecular weight is 310 g/mol. The van der Waals surface area contributed by atoms with Crippen molar-refractivity contribution in [3.63, 3.8) is 0 Å². The van der Waals surface area contributed by atoms with Crippen LogP contribution in [-0.4, -0.2) is 12.1 Å². The van der Waals surface area contributed by atoms with Crippen LogP contribution in [0.3, 0.4) is 0 Å². The van der Waals surface area contributed by atoms with Gasteiger partial charge in [-0.05, 0) is 58.7 Å². The number of hydrogen-bond donors (Lipinski definition) is 0. The number of methoxy groups -OCH3 is 1. The first-order valence-corrected chi connectivity index (χ1v) is 6.74. The average Bonchev–Trinajstić information content (AvgIpc) is 2.35. The lowest BCUT2D eigenvalue weighted by atomic mass is 10.3. The van der Waals surface area contributed by atoms with Crippen molar-refractivity contribution in [3.8, 4) is 5.75 Å². The molecule has 0 fully saturated rings. The molecule has 1 aromatic carbocycles. The molecule has 2 rings (SSSR count). The van der Waals surface area contributed by atoms with Gasteiger partial charge in [0.05, 0.1) is 7.11 Å². The molecule has 0 aliphatic heterocycles. The summed E-state index contributed by atoms with van der Waals surface area (Å²) in [4.78, 5) is 5.51. The number of nitrogens with zero attached hydrogens (tertiary/aromatic N) is 1. The molecule has 2 nitrogen and oxygen atoms in total. The highest BCUT2D eigenvalue weighted by molar-refractivity contribution is 9.10. The second-order valence-electron chi connectivity index (χ2n) is 3.55. The Bertz CT molecular complexity index is 513. The smallest absolute Gasteiger partial charge is 0.118 e. The van der Waals surface area contributed by atoms with Gasteiger partial charge in [-0.2, -0.15) is 0 Å². The van der Waals surface area contributed by atoms with Gasteiger partial charge in [0.1, 0.15) is 10.8 Å². The number of ether oxygens (including phenoxy) is 1. The van der Waals surface area contributed by atoms with E-state index in [1.807, 2.05) is 30.5 Å². The van der Waals surface area contributed by atoms with Crippen LogP contribution in [0.4, 0.5) is 0 Å². The zero-order valence-electron chi connectivity index (χ0n) is 9.61. The third-order valence-electron chi connectivity index (χ3n) is 2.30. The van der Waals surface area contributed by atoms with Crippen LogP contribution in [-0.2, 0) is 0 Å². The lowest BCUT2D eigenvalue weighted by molar-refractivity contribution is 0.414. The Kier molecular flexibility index (Phi) is 4.07. The number of hydrogen-bond acceptors (Lipinski definition) is 3. The summed E-state index contributed by atoms with van der Waals surface area (Å²) in [6.45, 7) is 2.06. The summed E-state index contributed by atoms with van der Waals surface area (Å²) in [6, 6.07) is 10.0. The maximum absolute atomic E-state index is 5.12. The van der Waals surface area contributed by atoms with Crippen LogP contribution in [0.25, 0.3) is 0 Å². The van der Waals surface area contributed by atoms with Gasteiger partial charge < -0.3 is 4.74 Å². The number of halogens is 1. The highest BCUT2D eigenvalue weighted by Gasteiger charge is 2.02. The Morgan fingerprint density at radius 3 is 2.53 bits per heavy atom. The van der Waals surface area contributed by atoms with E-state index < -0.39 is 0 Å². The van der Waals surface area contributed by atoms with E-state index in [4.69, 9.17) is 4.74 Å². The highest BCUT2D eigenvalue weighted by atomic mass is 79.9. The normalized spacial score (nSPS) is 10.3. The fourth-order valence-corrected chi connectivity index (χ4v) is 2.41. The molecule has 0 unspecified atom stereocenters. The molecule has 0 radical (unpaired) electrons. The molecule has 17 heavy (non-hydrogen) atoms. The monoisotopic (exact) mass is 309 g/mol. The summed E-state index contributed by atoms with van der Waals surface area (Å²) in [6.07, 6.45) is 1.83. The molecule has 0 saturated heterocycles. The molecule has 1 heterocycles. The Morgan fingerprint density at radius 2 is 1.94 bits per heavy atom. The Labute approximate surface area is 114 Å². The predicted molar refractivity (Wildman–Crippen MR) is 73.8 cm³/mol. The summed E-state index contributed by atoms with van der Waals surface area (Å²) in [5.41, 5.74) is 1.19. The van der Waals surface area contributed by atoms with E-state index >= 15 is 0 Å². The minimum absolute atomic E-state index is 0.870. The molecule has 0 bridgehead atoms. The Balaban J connectivity index is 2.16. The molecule has 0 saturated carbocycles. The minimum atomic E-state index is 0.870. The minimum Gasteiger partial charge on any atom is -0.497 e. The molecular formula is C13H12BrNOS. The number of aryl methyl sites for hydroxylation is 1. The van der Waals surface area contributed by atoms with Crippen molar-refractivity contribution in [1.29, 1.82) is 0 Å². The van der Waals surface area contributed by atoms with Gasteiger partial charge in [0.15, 0.2) is 0 Å². The highest BCUT2D eigenvalue weighted by Crippen LogP contribution is 2.29. The second kappa shape index (κ2) is 5.56. The molecule has 0 aliphatic rings. The SMILES string of the molecule is COc1ccc(Sc2cc(C)c(Br)cn2)cc1. The Morgan fingerprint density at radius 1 is 1.24 bits per heavy atom. The molecule has 88 valence electrons. The fraction of sp³-hybridized carbons (Fsp3) is 0.154. The fourth-order valence-electron chi connectivity index (χ4n) is 1.33. The van der Waals surface area contributed by atoms with Crippen LogP contribution in [0.15, 0.2) is 50.9 Å². The first-order valence-electron chi connectivity index (χ1n) is 5.13. The van der Waals surface area contributed by atoms with E-state index in [-0.39, 0.29) is 0 Å². The summed E-state index contributed by atoms with van der Waals surface area (Å²) in [5, 5.41) is 0.996. The quantitative estimate of drug-likeness (QED) is 0.843. The standard InChI is InChI=1S/C13H12BrNOS/c1-9-7-13(15-8-12(9)14)17-11-5-3-10(16-2)4-6-11/h3-8H,1-2H3. The van der Waals surface area contributed by atoms with Crippen molar-refractivity contribution >= 4 is 27.7 Å². The molecular weight excluding hydrogens is 298 g/mol. The summed E-state index contributed by atoms with van der Waals surface area (Å²) >= 11 is 5.09. The van der Waals surface area contributed by atoms with Crippen LogP contribution in [0.1, 0.15) is 5.56 Å². The van der Waals surface area contributed by atoms with E-state index in [0.29, 0.717) is 0 Å². The number of rotatable bonds is 3. The third-order valence-corrected chi connectivity index (χ3v) is 4.07. The molecule has 0 amide bonds. The van der Waals surface area contributed by atoms with E-state index in [1.165, 1.54) is 5.56 Å². The maximum atomic E-state index is 5.12. The van der Waals surface area contributed by atoms with Crippen LogP contribution in [0.2, 0.25) is 0 Å². The van der Waals surface area contributed by atoms with Gasteiger partial charge in [-0.25, -0.2) is 4.98 Å². The van der Waals surface area contributed by atoms with Gasteiger partial charge in [0.2, 0.25) is 0 Å². The molecule has 4 heteroatoms. The second-order valence-corrected chi connectivity index (χ2v) is 5.50. The van der Waals surface area contributed by atoms with E-state index in [2.05, 4.69) is 33.9 Å². The lowest BCUT2D eigenvalue weighted by Gasteiger charge is -2.04. The molecule has 0 spiro atoms. The summed E-state index contributed by atoms with van der Waals surface area (Å²) in [5.74, 6) is 0.870. The maximum Gasteiger partial charge on any atom is 0.118 e. The summed E-state index contributed by atoms with van der Waals surface area (Å²) < 4.78 is 6.16. The van der Waals surface area contributed by atoms with E-state index in [0.717, 1.165) is 20.1 Å². The predicted octanol–water partition coefficient (Wildman–Crippen LogP) is 4.31. The molecule has 0 atom stereocenters. The van der Waals surface area contributed by atoms with Crippen molar-refractivity contribution in [2.75, 3.05) is 7.11 Å². The van der Waals surface area contributed by atoms with Crippen molar-refractivity contribution in [2.24, 2.45) is 0 Å². The van der Waals surface area contributed by atoms with E-state index in [9.17, 15) is 0 Å². The van der Waals surface area contributed by atoms with Gasteiger partial charge >= 0.3 is 0 Å². The van der Waals surface area contributed by atoms with Gasteiger partial charge in [0.25, 0.3) is 0 Å². The van der Waals surface area contributed by atoms with Gasteiger partial charge in [-0.1, -0.05) is 11.8 Å². The zero-order chi connectivity index (χ0) is 12.3. The molecule has 0 aliphatic carbocycles. The number of pyridine rings is 1. The first-order chi connectivity index (χ1) is 8.19. The summed E-state index contributed by atoms with van der Waals surface area (Å²) in [7, 11) is 1.67. The first kappa shape index (κ1) is 12.5. The number of aromatic nitrogens is 1. The molecule has 0 N–H and O–H groups in total. The van der Waals surface area contributed by atoms with Gasteiger partial charge in [0, 0.05) is 15.6 Å². The van der Waals surface area contributed by atoms with Crippen LogP contribution < -0.4 is 4.74 Å². The Hall–Kier alpha value is -1.00. The van der Waals surface area contributed by atoms with Crippen LogP contribution >= 0.6 is 27.7 Å². The van der Waals surface area contributed by atoms with Crippen LogP contribution in [0, 0.1) is 6.92 Å². The third kappa shape index (κ3) is 3.23. The molecule has 2 aromatic rings. The molecule has 1 aromatic heterocycles. The van der Waals surface area contributed by atoms with Crippen molar-refractivity contribution in [3.05, 3.63) is 46.6 Å². The van der Waals surface area contributed by atoms with Crippen LogP contribution in [0.5, 0.6) is 5.75 Å².